The Labute approximate surface area is 143 Å². The Morgan fingerprint density at radius 3 is 1.79 bits per heavy atom. The molecule has 2 rings (SSSR count). The lowest BCUT2D eigenvalue weighted by atomic mass is 9.79. The predicted molar refractivity (Wildman–Crippen MR) is 91.5 cm³/mol. The van der Waals surface area contributed by atoms with Crippen LogP contribution in [0.1, 0.15) is 89.5 Å². The van der Waals surface area contributed by atoms with E-state index >= 15 is 0 Å². The highest BCUT2D eigenvalue weighted by atomic mass is 16.5. The molecule has 1 aliphatic carbocycles. The number of hydrogen-bond acceptors (Lipinski definition) is 5. The maximum atomic E-state index is 12.6. The van der Waals surface area contributed by atoms with Gasteiger partial charge in [-0.05, 0) is 52.0 Å². The fraction of sp³-hybridized carbons (Fsp3) is 0.632. The van der Waals surface area contributed by atoms with Crippen molar-refractivity contribution in [1.29, 1.82) is 0 Å². The molecule has 24 heavy (non-hydrogen) atoms. The summed E-state index contributed by atoms with van der Waals surface area (Å²) in [5, 5.41) is 0. The van der Waals surface area contributed by atoms with E-state index in [2.05, 4.69) is 4.98 Å². The second kappa shape index (κ2) is 8.27. The largest absolute Gasteiger partial charge is 0.462 e. The Balaban J connectivity index is 2.65. The van der Waals surface area contributed by atoms with E-state index in [4.69, 9.17) is 9.47 Å². The van der Waals surface area contributed by atoms with Crippen LogP contribution in [0.15, 0.2) is 0 Å². The molecule has 1 fully saturated rings. The molecule has 0 N–H and O–H groups in total. The molecule has 5 heteroatoms. The first-order valence-electron chi connectivity index (χ1n) is 8.86. The molecule has 0 aromatic carbocycles. The van der Waals surface area contributed by atoms with Gasteiger partial charge in [0.05, 0.1) is 35.7 Å². The Kier molecular flexibility index (Phi) is 6.35. The molecule has 1 aromatic heterocycles. The summed E-state index contributed by atoms with van der Waals surface area (Å²) in [5.41, 5.74) is 2.95. The van der Waals surface area contributed by atoms with Crippen LogP contribution in [0.5, 0.6) is 0 Å². The zero-order valence-electron chi connectivity index (χ0n) is 15.1. The van der Waals surface area contributed by atoms with E-state index in [1.807, 2.05) is 0 Å². The fourth-order valence-corrected chi connectivity index (χ4v) is 3.60. The zero-order chi connectivity index (χ0) is 17.7. The van der Waals surface area contributed by atoms with Crippen molar-refractivity contribution >= 4 is 11.9 Å². The summed E-state index contributed by atoms with van der Waals surface area (Å²) in [4.78, 5) is 29.6. The highest BCUT2D eigenvalue weighted by molar-refractivity contribution is 5.99. The number of aromatic nitrogens is 1. The van der Waals surface area contributed by atoms with Gasteiger partial charge in [-0.3, -0.25) is 4.98 Å². The smallest absolute Gasteiger partial charge is 0.340 e. The van der Waals surface area contributed by atoms with Crippen LogP contribution in [0, 0.1) is 13.8 Å². The number of nitrogens with zero attached hydrogens (tertiary/aromatic N) is 1. The minimum Gasteiger partial charge on any atom is -0.462 e. The van der Waals surface area contributed by atoms with Gasteiger partial charge in [0.1, 0.15) is 0 Å². The Morgan fingerprint density at radius 2 is 1.38 bits per heavy atom. The van der Waals surface area contributed by atoms with Crippen LogP contribution in [-0.4, -0.2) is 30.1 Å². The third-order valence-corrected chi connectivity index (χ3v) is 4.57. The van der Waals surface area contributed by atoms with E-state index in [0.29, 0.717) is 35.7 Å². The summed E-state index contributed by atoms with van der Waals surface area (Å²) in [5.74, 6) is -0.611. The first-order chi connectivity index (χ1) is 11.5. The molecule has 0 saturated heterocycles. The van der Waals surface area contributed by atoms with Crippen LogP contribution in [0.4, 0.5) is 0 Å². The third-order valence-electron chi connectivity index (χ3n) is 4.57. The van der Waals surface area contributed by atoms with Gasteiger partial charge in [0.15, 0.2) is 0 Å². The van der Waals surface area contributed by atoms with Gasteiger partial charge in [-0.2, -0.15) is 0 Å². The van der Waals surface area contributed by atoms with E-state index < -0.39 is 11.9 Å². The number of carbonyl (C=O) groups excluding carboxylic acids is 2. The molecule has 132 valence electrons. The minimum absolute atomic E-state index is 0.179. The van der Waals surface area contributed by atoms with Gasteiger partial charge in [0, 0.05) is 0 Å². The summed E-state index contributed by atoms with van der Waals surface area (Å²) < 4.78 is 10.5. The summed E-state index contributed by atoms with van der Waals surface area (Å²) in [6, 6.07) is 0. The van der Waals surface area contributed by atoms with Crippen LogP contribution in [0.3, 0.4) is 0 Å². The molecule has 0 unspecified atom stereocenters. The highest BCUT2D eigenvalue weighted by Crippen LogP contribution is 2.38. The molecule has 0 bridgehead atoms. The summed E-state index contributed by atoms with van der Waals surface area (Å²) in [6.45, 7) is 7.76. The van der Waals surface area contributed by atoms with Crippen LogP contribution < -0.4 is 0 Å². The number of esters is 2. The Bertz CT molecular complexity index is 576. The molecule has 1 aliphatic rings. The Hall–Kier alpha value is -1.91. The van der Waals surface area contributed by atoms with Crippen LogP contribution in [0.25, 0.3) is 0 Å². The number of pyridine rings is 1. The van der Waals surface area contributed by atoms with Crippen LogP contribution in [-0.2, 0) is 9.47 Å². The quantitative estimate of drug-likeness (QED) is 0.759. The van der Waals surface area contributed by atoms with E-state index in [0.717, 1.165) is 31.2 Å². The van der Waals surface area contributed by atoms with Gasteiger partial charge < -0.3 is 9.47 Å². The standard InChI is InChI=1S/C19H27NO4/c1-5-23-18(21)15-12(3)20-13(4)16(19(22)24-6-2)17(15)14-10-8-7-9-11-14/h14H,5-11H2,1-4H3. The molecule has 5 nitrogen and oxygen atoms in total. The van der Waals surface area contributed by atoms with Gasteiger partial charge in [-0.25, -0.2) is 9.59 Å². The van der Waals surface area contributed by atoms with Crippen molar-refractivity contribution in [3.05, 3.63) is 28.1 Å². The maximum Gasteiger partial charge on any atom is 0.340 e. The van der Waals surface area contributed by atoms with E-state index in [9.17, 15) is 9.59 Å². The first-order valence-corrected chi connectivity index (χ1v) is 8.86. The number of carbonyl (C=O) groups is 2. The van der Waals surface area contributed by atoms with Crippen molar-refractivity contribution in [1.82, 2.24) is 4.98 Å². The first kappa shape index (κ1) is 18.4. The van der Waals surface area contributed by atoms with Crippen molar-refractivity contribution in [2.75, 3.05) is 13.2 Å². The topological polar surface area (TPSA) is 65.5 Å². The van der Waals surface area contributed by atoms with Gasteiger partial charge in [-0.1, -0.05) is 19.3 Å². The van der Waals surface area contributed by atoms with E-state index in [-0.39, 0.29) is 5.92 Å². The van der Waals surface area contributed by atoms with Gasteiger partial charge in [-0.15, -0.1) is 0 Å². The molecule has 0 radical (unpaired) electrons. The normalized spacial score (nSPS) is 15.2. The van der Waals surface area contributed by atoms with Crippen molar-refractivity contribution in [3.8, 4) is 0 Å². The fourth-order valence-electron chi connectivity index (χ4n) is 3.60. The SMILES string of the molecule is CCOC(=O)c1c(C)nc(C)c(C(=O)OCC)c1C1CCCCC1. The molecule has 0 atom stereocenters. The summed E-state index contributed by atoms with van der Waals surface area (Å²) >= 11 is 0. The molecular weight excluding hydrogens is 306 g/mol. The monoisotopic (exact) mass is 333 g/mol. The van der Waals surface area contributed by atoms with Crippen molar-refractivity contribution in [2.45, 2.75) is 65.7 Å². The van der Waals surface area contributed by atoms with E-state index in [1.54, 1.807) is 27.7 Å². The van der Waals surface area contributed by atoms with Gasteiger partial charge in [0.25, 0.3) is 0 Å². The molecular formula is C19H27NO4. The Morgan fingerprint density at radius 1 is 0.917 bits per heavy atom. The molecule has 0 aliphatic heterocycles. The molecule has 0 amide bonds. The zero-order valence-corrected chi connectivity index (χ0v) is 15.1. The van der Waals surface area contributed by atoms with Crippen LogP contribution >= 0.6 is 0 Å². The van der Waals surface area contributed by atoms with Crippen molar-refractivity contribution in [3.63, 3.8) is 0 Å². The minimum atomic E-state index is -0.395. The molecule has 1 heterocycles. The second-order valence-corrected chi connectivity index (χ2v) is 6.22. The lowest BCUT2D eigenvalue weighted by Crippen LogP contribution is -2.22. The lowest BCUT2D eigenvalue weighted by molar-refractivity contribution is 0.0518. The average Bonchev–Trinajstić information content (AvgIpc) is 2.55. The summed E-state index contributed by atoms with van der Waals surface area (Å²) in [7, 11) is 0. The number of ether oxygens (including phenoxy) is 2. The predicted octanol–water partition coefficient (Wildman–Crippen LogP) is 4.10. The number of aryl methyl sites for hydroxylation is 2. The average molecular weight is 333 g/mol. The van der Waals surface area contributed by atoms with Crippen LogP contribution in [0.2, 0.25) is 0 Å². The summed E-state index contributed by atoms with van der Waals surface area (Å²) in [6.07, 6.45) is 5.36. The third kappa shape index (κ3) is 3.77. The highest BCUT2D eigenvalue weighted by Gasteiger charge is 2.31. The second-order valence-electron chi connectivity index (χ2n) is 6.22. The lowest BCUT2D eigenvalue weighted by Gasteiger charge is -2.27. The maximum absolute atomic E-state index is 12.6. The van der Waals surface area contributed by atoms with Gasteiger partial charge in [0.2, 0.25) is 0 Å². The van der Waals surface area contributed by atoms with E-state index in [1.165, 1.54) is 6.42 Å². The van der Waals surface area contributed by atoms with Crippen molar-refractivity contribution < 1.29 is 19.1 Å². The molecule has 0 spiro atoms. The number of hydrogen-bond donors (Lipinski definition) is 0. The molecule has 1 aromatic rings. The van der Waals surface area contributed by atoms with Gasteiger partial charge >= 0.3 is 11.9 Å². The van der Waals surface area contributed by atoms with Crippen molar-refractivity contribution in [2.24, 2.45) is 0 Å². The molecule has 1 saturated carbocycles. The number of rotatable bonds is 5.